The average Bonchev–Trinajstić information content (AvgIpc) is 3.09. The second-order valence-corrected chi connectivity index (χ2v) is 10.2. The molecule has 0 radical (unpaired) electrons. The molecule has 3 heterocycles. The highest BCUT2D eigenvalue weighted by molar-refractivity contribution is 6.00. The van der Waals surface area contributed by atoms with Gasteiger partial charge in [-0.15, -0.1) is 0 Å². The summed E-state index contributed by atoms with van der Waals surface area (Å²) < 4.78 is 2.98. The van der Waals surface area contributed by atoms with Crippen LogP contribution in [0.15, 0.2) is 23.0 Å². The monoisotopic (exact) mass is 476 g/mol. The fourth-order valence-electron chi connectivity index (χ4n) is 5.73. The minimum absolute atomic E-state index is 0.0395. The van der Waals surface area contributed by atoms with Crippen molar-refractivity contribution in [3.8, 4) is 11.8 Å². The number of aromatic nitrogens is 2. The second kappa shape index (κ2) is 9.73. The van der Waals surface area contributed by atoms with E-state index in [9.17, 15) is 19.2 Å². The Morgan fingerprint density at radius 2 is 1.80 bits per heavy atom. The summed E-state index contributed by atoms with van der Waals surface area (Å²) in [5, 5.41) is 2.33. The summed E-state index contributed by atoms with van der Waals surface area (Å²) in [5.41, 5.74) is 1.80. The third-order valence-corrected chi connectivity index (χ3v) is 7.76. The Morgan fingerprint density at radius 1 is 1.00 bits per heavy atom. The Bertz CT molecular complexity index is 1290. The van der Waals surface area contributed by atoms with Crippen molar-refractivity contribution in [1.29, 1.82) is 0 Å². The van der Waals surface area contributed by atoms with Gasteiger partial charge in [0.15, 0.2) is 0 Å². The van der Waals surface area contributed by atoms with Gasteiger partial charge in [0.1, 0.15) is 6.04 Å². The normalized spacial score (nSPS) is 23.8. The molecule has 0 bridgehead atoms. The first-order valence-corrected chi connectivity index (χ1v) is 12.7. The van der Waals surface area contributed by atoms with Gasteiger partial charge in [-0.1, -0.05) is 31.1 Å². The van der Waals surface area contributed by atoms with Gasteiger partial charge in [-0.2, -0.15) is 0 Å². The number of hydrogen-bond donors (Lipinski definition) is 1. The van der Waals surface area contributed by atoms with Crippen LogP contribution in [0.2, 0.25) is 0 Å². The molecule has 1 N–H and O–H groups in total. The second-order valence-electron chi connectivity index (χ2n) is 10.2. The first-order valence-electron chi connectivity index (χ1n) is 12.7. The number of carbonyl (C=O) groups is 3. The number of aryl methyl sites for hydroxylation is 1. The van der Waals surface area contributed by atoms with Crippen LogP contribution in [0, 0.1) is 23.7 Å². The van der Waals surface area contributed by atoms with Crippen molar-refractivity contribution in [1.82, 2.24) is 19.4 Å². The Kier molecular flexibility index (Phi) is 6.50. The number of benzene rings is 1. The molecule has 3 aliphatic rings. The van der Waals surface area contributed by atoms with Gasteiger partial charge in [0.05, 0.1) is 11.0 Å². The summed E-state index contributed by atoms with van der Waals surface area (Å²) in [5.74, 6) is 6.63. The van der Waals surface area contributed by atoms with Crippen molar-refractivity contribution < 1.29 is 14.4 Å². The number of rotatable bonds is 3. The molecular formula is C27H32N4O4. The number of nitrogens with zero attached hydrogens (tertiary/aromatic N) is 3. The number of piperidine rings is 2. The highest BCUT2D eigenvalue weighted by Gasteiger charge is 2.31. The lowest BCUT2D eigenvalue weighted by molar-refractivity contribution is -0.136. The van der Waals surface area contributed by atoms with Crippen molar-refractivity contribution >= 4 is 28.8 Å². The van der Waals surface area contributed by atoms with E-state index in [0.717, 1.165) is 25.1 Å². The fraction of sp³-hybridized carbons (Fsp3) is 0.556. The molecule has 5 rings (SSSR count). The standard InChI is InChI=1S/C27H32N4O4/c1-29-23-15-18(9-10-21(23)31(27(29)35)22-11-12-24(32)28-26(22)34)7-8-19-13-14-30(25(33)16-19)17-20-5-3-2-4-6-20/h9-10,15,19-20,22H,2-6,11-14,16-17H2,1H3,(H,28,32,34). The first kappa shape index (κ1) is 23.4. The number of imide groups is 1. The molecule has 1 saturated carbocycles. The van der Waals surface area contributed by atoms with Gasteiger partial charge in [0.2, 0.25) is 17.7 Å². The van der Waals surface area contributed by atoms with Crippen LogP contribution in [0.3, 0.4) is 0 Å². The van der Waals surface area contributed by atoms with Crippen molar-refractivity contribution in [3.05, 3.63) is 34.2 Å². The quantitative estimate of drug-likeness (QED) is 0.544. The van der Waals surface area contributed by atoms with Crippen LogP contribution < -0.4 is 11.0 Å². The lowest BCUT2D eigenvalue weighted by atomic mass is 9.88. The molecule has 3 fully saturated rings. The summed E-state index contributed by atoms with van der Waals surface area (Å²) in [7, 11) is 1.67. The Labute approximate surface area is 204 Å². The van der Waals surface area contributed by atoms with Gasteiger partial charge in [-0.05, 0) is 49.8 Å². The van der Waals surface area contributed by atoms with Crippen molar-refractivity contribution in [2.45, 2.75) is 63.8 Å². The molecule has 8 heteroatoms. The maximum absolute atomic E-state index is 12.9. The van der Waals surface area contributed by atoms with Gasteiger partial charge in [-0.25, -0.2) is 4.79 Å². The number of carbonyl (C=O) groups excluding carboxylic acids is 3. The van der Waals surface area contributed by atoms with E-state index in [1.54, 1.807) is 7.05 Å². The molecule has 2 aromatic rings. The molecule has 1 aromatic carbocycles. The molecule has 35 heavy (non-hydrogen) atoms. The predicted molar refractivity (Wildman–Crippen MR) is 131 cm³/mol. The van der Waals surface area contributed by atoms with Crippen LogP contribution in [-0.4, -0.2) is 44.8 Å². The van der Waals surface area contributed by atoms with Gasteiger partial charge in [0, 0.05) is 44.5 Å². The SMILES string of the molecule is Cn1c(=O)n(C2CCC(=O)NC2=O)c2ccc(C#CC3CCN(CC4CCCCC4)C(=O)C3)cc21. The van der Waals surface area contributed by atoms with Crippen LogP contribution in [0.5, 0.6) is 0 Å². The zero-order chi connectivity index (χ0) is 24.5. The Morgan fingerprint density at radius 3 is 2.54 bits per heavy atom. The highest BCUT2D eigenvalue weighted by Crippen LogP contribution is 2.27. The highest BCUT2D eigenvalue weighted by atomic mass is 16.2. The molecule has 2 saturated heterocycles. The van der Waals surface area contributed by atoms with E-state index in [1.165, 1.54) is 41.2 Å². The van der Waals surface area contributed by atoms with E-state index < -0.39 is 11.9 Å². The number of nitrogens with one attached hydrogen (secondary N) is 1. The largest absolute Gasteiger partial charge is 0.342 e. The van der Waals surface area contributed by atoms with Gasteiger partial charge in [0.25, 0.3) is 0 Å². The molecule has 2 atom stereocenters. The average molecular weight is 477 g/mol. The number of hydrogen-bond acceptors (Lipinski definition) is 4. The van der Waals surface area contributed by atoms with Gasteiger partial charge >= 0.3 is 5.69 Å². The summed E-state index contributed by atoms with van der Waals surface area (Å²) >= 11 is 0. The van der Waals surface area contributed by atoms with E-state index >= 15 is 0 Å². The minimum Gasteiger partial charge on any atom is -0.342 e. The molecule has 1 aromatic heterocycles. The van der Waals surface area contributed by atoms with Crippen LogP contribution in [0.4, 0.5) is 0 Å². The molecule has 2 aliphatic heterocycles. The Hall–Kier alpha value is -3.34. The van der Waals surface area contributed by atoms with Crippen molar-refractivity contribution in [3.63, 3.8) is 0 Å². The molecule has 3 amide bonds. The predicted octanol–water partition coefficient (Wildman–Crippen LogP) is 2.49. The maximum Gasteiger partial charge on any atom is 0.329 e. The van der Waals surface area contributed by atoms with Gasteiger partial charge in [-0.3, -0.25) is 28.8 Å². The van der Waals surface area contributed by atoms with E-state index in [0.29, 0.717) is 29.8 Å². The number of fused-ring (bicyclic) bond motifs is 1. The molecule has 8 nitrogen and oxygen atoms in total. The molecular weight excluding hydrogens is 444 g/mol. The van der Waals surface area contributed by atoms with Crippen molar-refractivity contribution in [2.75, 3.05) is 13.1 Å². The lowest BCUT2D eigenvalue weighted by Crippen LogP contribution is -2.44. The molecule has 2 unspecified atom stereocenters. The molecule has 0 spiro atoms. The van der Waals surface area contributed by atoms with Gasteiger partial charge < -0.3 is 4.90 Å². The maximum atomic E-state index is 12.9. The van der Waals surface area contributed by atoms with Crippen LogP contribution in [0.1, 0.15) is 69.4 Å². The van der Waals surface area contributed by atoms with Crippen LogP contribution >= 0.6 is 0 Å². The third kappa shape index (κ3) is 4.77. The fourth-order valence-corrected chi connectivity index (χ4v) is 5.73. The topological polar surface area (TPSA) is 93.4 Å². The van der Waals surface area contributed by atoms with E-state index in [-0.39, 0.29) is 29.8 Å². The lowest BCUT2D eigenvalue weighted by Gasteiger charge is -2.34. The first-order chi connectivity index (χ1) is 16.9. The number of amides is 3. The van der Waals surface area contributed by atoms with Crippen molar-refractivity contribution in [2.24, 2.45) is 18.9 Å². The summed E-state index contributed by atoms with van der Waals surface area (Å²) in [6, 6.07) is 4.80. The molecule has 184 valence electrons. The van der Waals surface area contributed by atoms with E-state index in [4.69, 9.17) is 0 Å². The minimum atomic E-state index is -0.703. The van der Waals surface area contributed by atoms with Crippen LogP contribution in [-0.2, 0) is 21.4 Å². The zero-order valence-electron chi connectivity index (χ0n) is 20.2. The van der Waals surface area contributed by atoms with Crippen LogP contribution in [0.25, 0.3) is 11.0 Å². The Balaban J connectivity index is 1.30. The van der Waals surface area contributed by atoms with E-state index in [2.05, 4.69) is 17.2 Å². The number of imidazole rings is 1. The number of likely N-dealkylation sites (tertiary alicyclic amines) is 1. The molecule has 1 aliphatic carbocycles. The third-order valence-electron chi connectivity index (χ3n) is 7.76. The summed E-state index contributed by atoms with van der Waals surface area (Å²) in [6.45, 7) is 1.67. The summed E-state index contributed by atoms with van der Waals surface area (Å²) in [4.78, 5) is 51.5. The zero-order valence-corrected chi connectivity index (χ0v) is 20.2. The van der Waals surface area contributed by atoms with E-state index in [1.807, 2.05) is 23.1 Å². The summed E-state index contributed by atoms with van der Waals surface area (Å²) in [6.07, 6.45) is 8.24. The smallest absolute Gasteiger partial charge is 0.329 e.